The van der Waals surface area contributed by atoms with E-state index in [-0.39, 0.29) is 19.1 Å². The molecule has 0 unspecified atom stereocenters. The fourth-order valence-electron chi connectivity index (χ4n) is 2.46. The van der Waals surface area contributed by atoms with Gasteiger partial charge in [0, 0.05) is 7.05 Å². The summed E-state index contributed by atoms with van der Waals surface area (Å²) in [5, 5.41) is 9.88. The monoisotopic (exact) mass is 388 g/mol. The van der Waals surface area contributed by atoms with Crippen LogP contribution in [0.1, 0.15) is 5.56 Å². The molecule has 0 radical (unpaired) electrons. The zero-order valence-electron chi connectivity index (χ0n) is 14.1. The van der Waals surface area contributed by atoms with Crippen molar-refractivity contribution in [2.45, 2.75) is 0 Å². The van der Waals surface area contributed by atoms with Gasteiger partial charge in [-0.15, -0.1) is 0 Å². The Morgan fingerprint density at radius 2 is 2.04 bits per heavy atom. The number of hydrogen-bond donors (Lipinski definition) is 1. The van der Waals surface area contributed by atoms with Gasteiger partial charge in [0.2, 0.25) is 0 Å². The normalized spacial score (nSPS) is 17.3. The molecule has 7 heteroatoms. The standard InChI is InChI=1S/C19H17ClN2O3S/c1-21-19-22(14-5-3-2-4-6-14)18(24)17(26-19)12-13-7-8-16(15(20)11-13)25-10-9-23/h2-8,11-12,23H,9-10H2,1H3/b17-12-,21-19-. The third-order valence-corrected chi connectivity index (χ3v) is 4.97. The van der Waals surface area contributed by atoms with Crippen LogP contribution < -0.4 is 9.64 Å². The van der Waals surface area contributed by atoms with Gasteiger partial charge in [0.15, 0.2) is 5.17 Å². The molecule has 134 valence electrons. The maximum absolute atomic E-state index is 12.8. The molecule has 0 saturated carbocycles. The molecule has 1 aliphatic rings. The van der Waals surface area contributed by atoms with Crippen LogP contribution in [0.25, 0.3) is 6.08 Å². The molecule has 2 aromatic rings. The van der Waals surface area contributed by atoms with Crippen LogP contribution in [0.2, 0.25) is 5.02 Å². The maximum Gasteiger partial charge on any atom is 0.271 e. The van der Waals surface area contributed by atoms with Crippen LogP contribution in [0.4, 0.5) is 5.69 Å². The van der Waals surface area contributed by atoms with Gasteiger partial charge in [0.05, 0.1) is 22.2 Å². The first-order valence-corrected chi connectivity index (χ1v) is 9.12. The summed E-state index contributed by atoms with van der Waals surface area (Å²) in [7, 11) is 1.67. The van der Waals surface area contributed by atoms with E-state index in [0.29, 0.717) is 20.8 Å². The lowest BCUT2D eigenvalue weighted by Crippen LogP contribution is -2.28. The number of halogens is 1. The largest absolute Gasteiger partial charge is 0.490 e. The van der Waals surface area contributed by atoms with E-state index in [1.165, 1.54) is 11.8 Å². The van der Waals surface area contributed by atoms with Crippen LogP contribution >= 0.6 is 23.4 Å². The first kappa shape index (κ1) is 18.5. The number of ether oxygens (including phenoxy) is 1. The molecule has 2 aromatic carbocycles. The molecule has 1 amide bonds. The van der Waals surface area contributed by atoms with Gasteiger partial charge in [-0.3, -0.25) is 14.7 Å². The van der Waals surface area contributed by atoms with Crippen LogP contribution in [-0.4, -0.2) is 36.4 Å². The Kier molecular flexibility index (Phi) is 5.98. The summed E-state index contributed by atoms with van der Waals surface area (Å²) in [5.41, 5.74) is 1.56. The van der Waals surface area contributed by atoms with Gasteiger partial charge in [0.25, 0.3) is 5.91 Å². The highest BCUT2D eigenvalue weighted by Crippen LogP contribution is 2.36. The zero-order chi connectivity index (χ0) is 18.5. The second kappa shape index (κ2) is 8.40. The number of aliphatic imine (C=N–C) groups is 1. The molecule has 0 aliphatic carbocycles. The Morgan fingerprint density at radius 3 is 2.69 bits per heavy atom. The average Bonchev–Trinajstić information content (AvgIpc) is 2.97. The second-order valence-corrected chi connectivity index (χ2v) is 6.77. The molecule has 1 aliphatic heterocycles. The van der Waals surface area contributed by atoms with Gasteiger partial charge in [-0.1, -0.05) is 35.9 Å². The van der Waals surface area contributed by atoms with Gasteiger partial charge in [-0.2, -0.15) is 0 Å². The first-order valence-electron chi connectivity index (χ1n) is 7.93. The highest BCUT2D eigenvalue weighted by atomic mass is 35.5. The number of amidine groups is 1. The number of aliphatic hydroxyl groups is 1. The molecule has 1 heterocycles. The van der Waals surface area contributed by atoms with Crippen molar-refractivity contribution in [1.82, 2.24) is 0 Å². The van der Waals surface area contributed by atoms with E-state index in [1.807, 2.05) is 36.4 Å². The third kappa shape index (κ3) is 3.93. The minimum atomic E-state index is -0.126. The lowest BCUT2D eigenvalue weighted by Gasteiger charge is -2.14. The minimum Gasteiger partial charge on any atom is -0.490 e. The van der Waals surface area contributed by atoms with Crippen molar-refractivity contribution in [2.75, 3.05) is 25.2 Å². The Bertz CT molecular complexity index is 868. The molecule has 0 atom stereocenters. The molecule has 1 fully saturated rings. The van der Waals surface area contributed by atoms with Gasteiger partial charge < -0.3 is 9.84 Å². The molecule has 0 aromatic heterocycles. The van der Waals surface area contributed by atoms with Crippen LogP contribution in [0, 0.1) is 0 Å². The summed E-state index contributed by atoms with van der Waals surface area (Å²) in [4.78, 5) is 19.2. The molecule has 26 heavy (non-hydrogen) atoms. The maximum atomic E-state index is 12.8. The first-order chi connectivity index (χ1) is 12.6. The molecule has 1 N–H and O–H groups in total. The summed E-state index contributed by atoms with van der Waals surface area (Å²) in [6, 6.07) is 14.7. The summed E-state index contributed by atoms with van der Waals surface area (Å²) in [6.07, 6.45) is 1.78. The molecular formula is C19H17ClN2O3S. The van der Waals surface area contributed by atoms with Crippen molar-refractivity contribution in [3.63, 3.8) is 0 Å². The predicted octanol–water partition coefficient (Wildman–Crippen LogP) is 3.82. The number of carbonyl (C=O) groups excluding carboxylic acids is 1. The van der Waals surface area contributed by atoms with E-state index < -0.39 is 0 Å². The number of benzene rings is 2. The smallest absolute Gasteiger partial charge is 0.271 e. The van der Waals surface area contributed by atoms with E-state index >= 15 is 0 Å². The highest BCUT2D eigenvalue weighted by Gasteiger charge is 2.34. The number of aliphatic hydroxyl groups excluding tert-OH is 1. The molecular weight excluding hydrogens is 372 g/mol. The third-order valence-electron chi connectivity index (χ3n) is 3.61. The lowest BCUT2D eigenvalue weighted by molar-refractivity contribution is -0.113. The van der Waals surface area contributed by atoms with Crippen LogP contribution in [0.15, 0.2) is 58.4 Å². The van der Waals surface area contributed by atoms with E-state index in [4.69, 9.17) is 21.4 Å². The van der Waals surface area contributed by atoms with Gasteiger partial charge >= 0.3 is 0 Å². The summed E-state index contributed by atoms with van der Waals surface area (Å²) in [6.45, 7) is 0.0958. The van der Waals surface area contributed by atoms with Crippen molar-refractivity contribution >= 4 is 46.2 Å². The Morgan fingerprint density at radius 1 is 1.27 bits per heavy atom. The van der Waals surface area contributed by atoms with E-state index in [0.717, 1.165) is 11.3 Å². The number of rotatable bonds is 5. The topological polar surface area (TPSA) is 62.1 Å². The van der Waals surface area contributed by atoms with Crippen LogP contribution in [0.3, 0.4) is 0 Å². The Hall–Kier alpha value is -2.28. The molecule has 5 nitrogen and oxygen atoms in total. The predicted molar refractivity (Wildman–Crippen MR) is 107 cm³/mol. The Balaban J connectivity index is 1.88. The number of para-hydroxylation sites is 1. The van der Waals surface area contributed by atoms with Crippen molar-refractivity contribution in [1.29, 1.82) is 0 Å². The number of nitrogens with zero attached hydrogens (tertiary/aromatic N) is 2. The average molecular weight is 389 g/mol. The van der Waals surface area contributed by atoms with Crippen molar-refractivity contribution in [2.24, 2.45) is 4.99 Å². The van der Waals surface area contributed by atoms with E-state index in [9.17, 15) is 4.79 Å². The number of hydrogen-bond acceptors (Lipinski definition) is 5. The number of amides is 1. The van der Waals surface area contributed by atoms with Crippen molar-refractivity contribution in [3.05, 3.63) is 64.0 Å². The minimum absolute atomic E-state index is 0.0816. The molecule has 0 bridgehead atoms. The molecule has 0 spiro atoms. The second-order valence-electron chi connectivity index (χ2n) is 5.35. The number of thioether (sulfide) groups is 1. The highest BCUT2D eigenvalue weighted by molar-refractivity contribution is 8.19. The lowest BCUT2D eigenvalue weighted by atomic mass is 10.2. The molecule has 1 saturated heterocycles. The van der Waals surface area contributed by atoms with E-state index in [1.54, 1.807) is 30.2 Å². The fraction of sp³-hybridized carbons (Fsp3) is 0.158. The van der Waals surface area contributed by atoms with E-state index in [2.05, 4.69) is 4.99 Å². The Labute approximate surface area is 160 Å². The van der Waals surface area contributed by atoms with Gasteiger partial charge in [0.1, 0.15) is 12.4 Å². The van der Waals surface area contributed by atoms with Crippen LogP contribution in [-0.2, 0) is 4.79 Å². The fourth-order valence-corrected chi connectivity index (χ4v) is 3.64. The van der Waals surface area contributed by atoms with Gasteiger partial charge in [-0.25, -0.2) is 0 Å². The molecule has 3 rings (SSSR count). The van der Waals surface area contributed by atoms with Crippen molar-refractivity contribution in [3.8, 4) is 5.75 Å². The van der Waals surface area contributed by atoms with Crippen molar-refractivity contribution < 1.29 is 14.6 Å². The SMILES string of the molecule is C/N=C1\S/C(=C\c2ccc(OCCO)c(Cl)c2)C(=O)N1c1ccccc1. The number of carbonyl (C=O) groups is 1. The summed E-state index contributed by atoms with van der Waals surface area (Å²) in [5.74, 6) is 0.369. The quantitative estimate of drug-likeness (QED) is 0.791. The summed E-state index contributed by atoms with van der Waals surface area (Å²) >= 11 is 7.53. The van der Waals surface area contributed by atoms with Crippen LogP contribution in [0.5, 0.6) is 5.75 Å². The summed E-state index contributed by atoms with van der Waals surface area (Å²) < 4.78 is 5.34. The number of anilines is 1. The zero-order valence-corrected chi connectivity index (χ0v) is 15.6. The van der Waals surface area contributed by atoms with Gasteiger partial charge in [-0.05, 0) is 47.7 Å².